The van der Waals surface area contributed by atoms with Gasteiger partial charge in [-0.25, -0.2) is 9.78 Å². The fourth-order valence-electron chi connectivity index (χ4n) is 3.61. The van der Waals surface area contributed by atoms with Gasteiger partial charge in [0.25, 0.3) is 5.91 Å². The minimum Gasteiger partial charge on any atom is -0.465 e. The molecule has 0 radical (unpaired) electrons. The van der Waals surface area contributed by atoms with E-state index in [1.54, 1.807) is 42.4 Å². The fraction of sp³-hybridized carbons (Fsp3) is 0.391. The van der Waals surface area contributed by atoms with Gasteiger partial charge in [-0.3, -0.25) is 9.59 Å². The van der Waals surface area contributed by atoms with Crippen molar-refractivity contribution in [1.29, 1.82) is 0 Å². The molecule has 1 fully saturated rings. The number of hydrogen-bond donors (Lipinski definition) is 2. The van der Waals surface area contributed by atoms with Crippen molar-refractivity contribution in [2.75, 3.05) is 27.3 Å². The molecular weight excluding hydrogens is 448 g/mol. The Bertz CT molecular complexity index is 1030. The number of rotatable bonds is 7. The van der Waals surface area contributed by atoms with Gasteiger partial charge in [0, 0.05) is 26.3 Å². The first kappa shape index (κ1) is 24.5. The molecule has 2 atom stereocenters. The van der Waals surface area contributed by atoms with Gasteiger partial charge in [0.15, 0.2) is 11.0 Å². The van der Waals surface area contributed by atoms with Gasteiger partial charge in [-0.2, -0.15) is 0 Å². The second kappa shape index (κ2) is 11.1. The van der Waals surface area contributed by atoms with E-state index in [1.807, 2.05) is 6.92 Å². The molecule has 2 heterocycles. The summed E-state index contributed by atoms with van der Waals surface area (Å²) in [5.41, 5.74) is 1.93. The van der Waals surface area contributed by atoms with E-state index in [0.717, 1.165) is 5.56 Å². The number of carbonyl (C=O) groups is 3. The molecule has 1 aromatic carbocycles. The van der Waals surface area contributed by atoms with Crippen LogP contribution >= 0.6 is 11.6 Å². The summed E-state index contributed by atoms with van der Waals surface area (Å²) < 4.78 is 10.2. The summed E-state index contributed by atoms with van der Waals surface area (Å²) in [5.74, 6) is -0.780. The summed E-state index contributed by atoms with van der Waals surface area (Å²) in [6.07, 6.45) is 3.98. The molecular formula is C23H27ClN4O5. The number of hydrogen-bond acceptors (Lipinski definition) is 6. The largest absolute Gasteiger partial charge is 0.465 e. The third-order valence-corrected chi connectivity index (χ3v) is 5.85. The highest BCUT2D eigenvalue weighted by Crippen LogP contribution is 2.17. The van der Waals surface area contributed by atoms with Gasteiger partial charge in [-0.05, 0) is 36.6 Å². The minimum atomic E-state index is -0.414. The van der Waals surface area contributed by atoms with Crippen LogP contribution in [-0.4, -0.2) is 72.1 Å². The number of nitrogens with zero attached hydrogens (tertiary/aromatic N) is 2. The number of H-pyrrole nitrogens is 1. The average Bonchev–Trinajstić information content (AvgIpc) is 3.23. The number of aryl methyl sites for hydroxylation is 1. The normalized spacial score (nSPS) is 18.4. The lowest BCUT2D eigenvalue weighted by atomic mass is 10.0. The van der Waals surface area contributed by atoms with Crippen LogP contribution in [0.25, 0.3) is 6.08 Å². The zero-order chi connectivity index (χ0) is 24.0. The molecule has 9 nitrogen and oxygen atoms in total. The minimum absolute atomic E-state index is 0.159. The van der Waals surface area contributed by atoms with E-state index in [0.29, 0.717) is 37.2 Å². The number of carbonyl (C=O) groups excluding carboxylic acids is 3. The highest BCUT2D eigenvalue weighted by molar-refractivity contribution is 6.30. The van der Waals surface area contributed by atoms with Crippen LogP contribution < -0.4 is 5.32 Å². The summed E-state index contributed by atoms with van der Waals surface area (Å²) in [4.78, 5) is 45.4. The molecule has 33 heavy (non-hydrogen) atoms. The molecule has 10 heteroatoms. The first-order chi connectivity index (χ1) is 15.9. The van der Waals surface area contributed by atoms with Gasteiger partial charge in [0.1, 0.15) is 0 Å². The van der Waals surface area contributed by atoms with E-state index in [-0.39, 0.29) is 34.9 Å². The summed E-state index contributed by atoms with van der Waals surface area (Å²) in [6.45, 7) is 2.72. The lowest BCUT2D eigenvalue weighted by Gasteiger charge is -2.37. The Balaban J connectivity index is 1.57. The zero-order valence-electron chi connectivity index (χ0n) is 18.8. The summed E-state index contributed by atoms with van der Waals surface area (Å²) in [7, 11) is 2.88. The van der Waals surface area contributed by atoms with E-state index < -0.39 is 5.97 Å². The van der Waals surface area contributed by atoms with Crippen LogP contribution in [0.15, 0.2) is 30.3 Å². The number of benzene rings is 1. The number of amides is 2. The summed E-state index contributed by atoms with van der Waals surface area (Å²) in [5, 5.41) is 3.22. The Morgan fingerprint density at radius 1 is 1.27 bits per heavy atom. The SMILES string of the molecule is CCc1[nH]c(C(=O)NC2CCN(C(=O)/C=C/c3ccc(C(=O)OC)cc3)CC2OC)nc1Cl. The number of nitrogens with one attached hydrogen (secondary N) is 2. The average molecular weight is 475 g/mol. The van der Waals surface area contributed by atoms with Gasteiger partial charge in [-0.1, -0.05) is 30.7 Å². The van der Waals surface area contributed by atoms with Crippen LogP contribution in [0, 0.1) is 0 Å². The molecule has 2 unspecified atom stereocenters. The van der Waals surface area contributed by atoms with Crippen molar-refractivity contribution in [2.24, 2.45) is 0 Å². The van der Waals surface area contributed by atoms with Gasteiger partial charge in [-0.15, -0.1) is 0 Å². The van der Waals surface area contributed by atoms with Crippen LogP contribution in [0.4, 0.5) is 0 Å². The predicted octanol–water partition coefficient (Wildman–Crippen LogP) is 2.47. The number of aromatic nitrogens is 2. The van der Waals surface area contributed by atoms with Gasteiger partial charge in [0.05, 0.1) is 30.5 Å². The summed E-state index contributed by atoms with van der Waals surface area (Å²) >= 11 is 6.03. The molecule has 1 aromatic heterocycles. The van der Waals surface area contributed by atoms with Crippen LogP contribution in [0.3, 0.4) is 0 Å². The van der Waals surface area contributed by atoms with E-state index in [1.165, 1.54) is 13.2 Å². The van der Waals surface area contributed by atoms with Crippen molar-refractivity contribution in [3.05, 3.63) is 58.1 Å². The molecule has 2 aromatic rings. The molecule has 0 bridgehead atoms. The van der Waals surface area contributed by atoms with Crippen molar-refractivity contribution in [2.45, 2.75) is 31.9 Å². The Hall–Kier alpha value is -3.17. The second-order valence-electron chi connectivity index (χ2n) is 7.58. The monoisotopic (exact) mass is 474 g/mol. The van der Waals surface area contributed by atoms with Gasteiger partial charge in [0.2, 0.25) is 5.91 Å². The molecule has 0 aliphatic carbocycles. The van der Waals surface area contributed by atoms with Crippen LogP contribution in [-0.2, 0) is 20.7 Å². The highest BCUT2D eigenvalue weighted by Gasteiger charge is 2.32. The first-order valence-electron chi connectivity index (χ1n) is 10.6. The molecule has 0 spiro atoms. The first-order valence-corrected chi connectivity index (χ1v) is 11.0. The number of halogens is 1. The summed E-state index contributed by atoms with van der Waals surface area (Å²) in [6, 6.07) is 6.48. The number of aromatic amines is 1. The van der Waals surface area contributed by atoms with Crippen molar-refractivity contribution < 1.29 is 23.9 Å². The lowest BCUT2D eigenvalue weighted by molar-refractivity contribution is -0.130. The third-order valence-electron chi connectivity index (χ3n) is 5.54. The number of likely N-dealkylation sites (tertiary alicyclic amines) is 1. The Kier molecular flexibility index (Phi) is 8.24. The number of imidazole rings is 1. The standard InChI is InChI=1S/C23H27ClN4O5/c1-4-16-20(24)27-21(25-16)22(30)26-17-11-12-28(13-18(17)32-2)19(29)10-7-14-5-8-15(9-6-14)23(31)33-3/h5-10,17-18H,4,11-13H2,1-3H3,(H,25,27)(H,26,30)/b10-7+. The maximum absolute atomic E-state index is 12.7. The van der Waals surface area contributed by atoms with Gasteiger partial charge >= 0.3 is 5.97 Å². The van der Waals surface area contributed by atoms with E-state index >= 15 is 0 Å². The third kappa shape index (κ3) is 6.00. The molecule has 2 amide bonds. The molecule has 1 aliphatic rings. The Labute approximate surface area is 197 Å². The number of ether oxygens (including phenoxy) is 2. The smallest absolute Gasteiger partial charge is 0.337 e. The highest BCUT2D eigenvalue weighted by atomic mass is 35.5. The number of piperidine rings is 1. The molecule has 1 saturated heterocycles. The van der Waals surface area contributed by atoms with E-state index in [2.05, 4.69) is 20.0 Å². The van der Waals surface area contributed by atoms with Gasteiger partial charge < -0.3 is 24.7 Å². The topological polar surface area (TPSA) is 114 Å². The van der Waals surface area contributed by atoms with Crippen molar-refractivity contribution >= 4 is 35.5 Å². The van der Waals surface area contributed by atoms with Crippen molar-refractivity contribution in [3.63, 3.8) is 0 Å². The predicted molar refractivity (Wildman–Crippen MR) is 123 cm³/mol. The number of methoxy groups -OCH3 is 2. The van der Waals surface area contributed by atoms with Crippen LogP contribution in [0.2, 0.25) is 5.15 Å². The Morgan fingerprint density at radius 2 is 2.00 bits per heavy atom. The van der Waals surface area contributed by atoms with Crippen LogP contribution in [0.1, 0.15) is 45.6 Å². The van der Waals surface area contributed by atoms with Crippen molar-refractivity contribution in [3.8, 4) is 0 Å². The van der Waals surface area contributed by atoms with E-state index in [4.69, 9.17) is 16.3 Å². The van der Waals surface area contributed by atoms with E-state index in [9.17, 15) is 14.4 Å². The molecule has 2 N–H and O–H groups in total. The number of esters is 1. The Morgan fingerprint density at radius 3 is 2.61 bits per heavy atom. The zero-order valence-corrected chi connectivity index (χ0v) is 19.5. The molecule has 176 valence electrons. The molecule has 3 rings (SSSR count). The maximum Gasteiger partial charge on any atom is 0.337 e. The molecule has 1 aliphatic heterocycles. The van der Waals surface area contributed by atoms with Crippen LogP contribution in [0.5, 0.6) is 0 Å². The lowest BCUT2D eigenvalue weighted by Crippen LogP contribution is -2.55. The fourth-order valence-corrected chi connectivity index (χ4v) is 3.87. The molecule has 0 saturated carbocycles. The van der Waals surface area contributed by atoms with Crippen molar-refractivity contribution in [1.82, 2.24) is 20.2 Å². The second-order valence-corrected chi connectivity index (χ2v) is 7.94. The quantitative estimate of drug-likeness (QED) is 0.470. The maximum atomic E-state index is 12.7.